The molecule has 0 bridgehead atoms. The lowest BCUT2D eigenvalue weighted by Crippen LogP contribution is -2.52. The van der Waals surface area contributed by atoms with Crippen molar-refractivity contribution in [2.24, 2.45) is 11.7 Å². The summed E-state index contributed by atoms with van der Waals surface area (Å²) >= 11 is 0. The number of benzene rings is 2. The fourth-order valence-electron chi connectivity index (χ4n) is 5.60. The Bertz CT molecular complexity index is 1780. The Hall–Kier alpha value is -4.29. The molecule has 0 saturated heterocycles. The van der Waals surface area contributed by atoms with Crippen LogP contribution in [0.25, 0.3) is 22.2 Å². The number of aromatic nitrogens is 2. The van der Waals surface area contributed by atoms with E-state index in [1.807, 2.05) is 6.07 Å². The lowest BCUT2D eigenvalue weighted by molar-refractivity contribution is -0.191. The molecular weight excluding hydrogens is 580 g/mol. The molecule has 44 heavy (non-hydrogen) atoms. The van der Waals surface area contributed by atoms with Crippen LogP contribution in [-0.4, -0.2) is 46.4 Å². The molecule has 228 valence electrons. The number of hydrogen-bond acceptors (Lipinski definition) is 7. The van der Waals surface area contributed by atoms with Crippen molar-refractivity contribution in [3.63, 3.8) is 0 Å². The largest absolute Gasteiger partial charge is 0.488 e. The lowest BCUT2D eigenvalue weighted by Gasteiger charge is -2.31. The van der Waals surface area contributed by atoms with E-state index in [0.717, 1.165) is 31.0 Å². The predicted octanol–water partition coefficient (Wildman–Crippen LogP) is 5.11. The van der Waals surface area contributed by atoms with Gasteiger partial charge in [0.25, 0.3) is 5.91 Å². The number of rotatable bonds is 8. The third kappa shape index (κ3) is 4.91. The van der Waals surface area contributed by atoms with E-state index in [2.05, 4.69) is 15.3 Å². The van der Waals surface area contributed by atoms with Gasteiger partial charge >= 0.3 is 6.18 Å². The third-order valence-corrected chi connectivity index (χ3v) is 8.49. The first kappa shape index (κ1) is 28.5. The molecule has 2 aromatic carbocycles. The quantitative estimate of drug-likeness (QED) is 0.238. The van der Waals surface area contributed by atoms with Gasteiger partial charge in [-0.1, -0.05) is 6.07 Å². The zero-order valence-electron chi connectivity index (χ0n) is 23.3. The van der Waals surface area contributed by atoms with Crippen LogP contribution in [0.15, 0.2) is 60.8 Å². The number of halogens is 4. The van der Waals surface area contributed by atoms with Crippen LogP contribution < -0.4 is 20.5 Å². The van der Waals surface area contributed by atoms with Gasteiger partial charge in [-0.05, 0) is 80.1 Å². The van der Waals surface area contributed by atoms with Crippen LogP contribution in [0.1, 0.15) is 47.3 Å². The highest BCUT2D eigenvalue weighted by atomic mass is 19.4. The maximum absolute atomic E-state index is 14.3. The van der Waals surface area contributed by atoms with E-state index in [4.69, 9.17) is 15.2 Å². The molecule has 2 saturated carbocycles. The highest BCUT2D eigenvalue weighted by molar-refractivity contribution is 6.00. The van der Waals surface area contributed by atoms with Crippen LogP contribution >= 0.6 is 0 Å². The van der Waals surface area contributed by atoms with E-state index in [1.165, 1.54) is 12.1 Å². The molecule has 1 amide bonds. The van der Waals surface area contributed by atoms with E-state index in [0.29, 0.717) is 29.5 Å². The van der Waals surface area contributed by atoms with Crippen LogP contribution in [0.3, 0.4) is 0 Å². The highest BCUT2D eigenvalue weighted by Crippen LogP contribution is 2.52. The van der Waals surface area contributed by atoms with Gasteiger partial charge in [-0.25, -0.2) is 9.37 Å². The molecule has 1 unspecified atom stereocenters. The van der Waals surface area contributed by atoms with E-state index in [-0.39, 0.29) is 52.4 Å². The Morgan fingerprint density at radius 1 is 1.11 bits per heavy atom. The Labute approximate surface area is 249 Å². The Kier molecular flexibility index (Phi) is 6.56. The topological polar surface area (TPSA) is 120 Å². The number of aliphatic hydroxyl groups is 1. The van der Waals surface area contributed by atoms with Gasteiger partial charge < -0.3 is 25.6 Å². The van der Waals surface area contributed by atoms with Crippen LogP contribution in [0.2, 0.25) is 0 Å². The second-order valence-corrected chi connectivity index (χ2v) is 11.7. The number of nitrogens with one attached hydrogen (secondary N) is 1. The third-order valence-electron chi connectivity index (χ3n) is 8.49. The van der Waals surface area contributed by atoms with Crippen LogP contribution in [0, 0.1) is 11.7 Å². The molecule has 4 aromatic rings. The van der Waals surface area contributed by atoms with Gasteiger partial charge in [0, 0.05) is 28.3 Å². The summed E-state index contributed by atoms with van der Waals surface area (Å²) in [6, 6.07) is 13.0. The summed E-state index contributed by atoms with van der Waals surface area (Å²) in [5.41, 5.74) is 1.91. The standard InChI is InChI=1S/C32H28F4N4O4/c33-21-7-3-17(4-8-21)27-28-23(31(37,16-43-28)32(34,35)36)14-25(40-27)30(42,20-5-6-20)15-39-29(41)19-12-18-2-1-11-38-26(18)24(13-19)44-22-9-10-22/h1-4,7-8,11-14,20,22,42H,5-6,9-10,15-16,37H2,(H,39,41)/t30?,31-/m0/s1. The fraction of sp³-hybridized carbons (Fsp3) is 0.344. The number of fused-ring (bicyclic) bond motifs is 2. The number of amides is 1. The second-order valence-electron chi connectivity index (χ2n) is 11.7. The van der Waals surface area contributed by atoms with Crippen molar-refractivity contribution in [2.75, 3.05) is 13.2 Å². The molecule has 8 nitrogen and oxygen atoms in total. The lowest BCUT2D eigenvalue weighted by atomic mass is 9.86. The van der Waals surface area contributed by atoms with Crippen molar-refractivity contribution in [1.29, 1.82) is 0 Å². The SMILES string of the molecule is N[C@@]1(C(F)(F)F)COc2c1cc(C(O)(CNC(=O)c1cc(OC3CC3)c3ncccc3c1)C1CC1)nc2-c1ccc(F)cc1. The van der Waals surface area contributed by atoms with E-state index < -0.39 is 35.6 Å². The van der Waals surface area contributed by atoms with Crippen LogP contribution in [0.5, 0.6) is 11.5 Å². The van der Waals surface area contributed by atoms with Crippen molar-refractivity contribution >= 4 is 16.8 Å². The van der Waals surface area contributed by atoms with Crippen molar-refractivity contribution < 1.29 is 36.9 Å². The summed E-state index contributed by atoms with van der Waals surface area (Å²) in [6.45, 7) is -1.22. The number of carbonyl (C=O) groups is 1. The normalized spacial score (nSPS) is 21.0. The summed E-state index contributed by atoms with van der Waals surface area (Å²) in [5.74, 6) is -1.15. The van der Waals surface area contributed by atoms with E-state index in [9.17, 15) is 27.5 Å². The molecule has 3 aliphatic rings. The molecule has 0 radical (unpaired) electrons. The van der Waals surface area contributed by atoms with Crippen molar-refractivity contribution in [3.05, 3.63) is 83.4 Å². The number of hydrogen-bond donors (Lipinski definition) is 3. The maximum Gasteiger partial charge on any atom is 0.414 e. The fourth-order valence-corrected chi connectivity index (χ4v) is 5.60. The number of alkyl halides is 3. The molecule has 2 aromatic heterocycles. The summed E-state index contributed by atoms with van der Waals surface area (Å²) in [6.07, 6.45) is -0.208. The number of carbonyl (C=O) groups excluding carboxylic acids is 1. The molecule has 1 aliphatic heterocycles. The molecule has 2 aliphatic carbocycles. The van der Waals surface area contributed by atoms with Crippen LogP contribution in [0.4, 0.5) is 17.6 Å². The number of ether oxygens (including phenoxy) is 2. The molecule has 4 N–H and O–H groups in total. The summed E-state index contributed by atoms with van der Waals surface area (Å²) in [4.78, 5) is 22.4. The first-order valence-corrected chi connectivity index (χ1v) is 14.3. The monoisotopic (exact) mass is 608 g/mol. The number of nitrogens with zero attached hydrogens (tertiary/aromatic N) is 2. The van der Waals surface area contributed by atoms with Gasteiger partial charge in [0.1, 0.15) is 35.0 Å². The molecule has 12 heteroatoms. The van der Waals surface area contributed by atoms with Gasteiger partial charge in [-0.3, -0.25) is 9.78 Å². The first-order chi connectivity index (χ1) is 21.0. The average molecular weight is 609 g/mol. The summed E-state index contributed by atoms with van der Waals surface area (Å²) < 4.78 is 68.0. The van der Waals surface area contributed by atoms with Gasteiger partial charge in [0.05, 0.1) is 18.3 Å². The molecule has 3 heterocycles. The summed E-state index contributed by atoms with van der Waals surface area (Å²) in [7, 11) is 0. The average Bonchev–Trinajstić information content (AvgIpc) is 3.94. The predicted molar refractivity (Wildman–Crippen MR) is 151 cm³/mol. The molecular formula is C32H28F4N4O4. The first-order valence-electron chi connectivity index (χ1n) is 14.3. The minimum absolute atomic E-state index is 0.0108. The zero-order chi connectivity index (χ0) is 30.9. The second kappa shape index (κ2) is 10.1. The molecule has 2 atom stereocenters. The maximum atomic E-state index is 14.3. The van der Waals surface area contributed by atoms with E-state index in [1.54, 1.807) is 24.4 Å². The van der Waals surface area contributed by atoms with Crippen molar-refractivity contribution in [2.45, 2.75) is 49.1 Å². The van der Waals surface area contributed by atoms with Crippen molar-refractivity contribution in [3.8, 4) is 22.8 Å². The van der Waals surface area contributed by atoms with Crippen LogP contribution in [-0.2, 0) is 11.1 Å². The molecule has 7 rings (SSSR count). The number of nitrogens with two attached hydrogens (primary N) is 1. The van der Waals surface area contributed by atoms with E-state index >= 15 is 0 Å². The Balaban J connectivity index is 1.26. The number of pyridine rings is 2. The molecule has 2 fully saturated rings. The van der Waals surface area contributed by atoms with Gasteiger partial charge in [0.2, 0.25) is 0 Å². The Morgan fingerprint density at radius 2 is 1.86 bits per heavy atom. The zero-order valence-corrected chi connectivity index (χ0v) is 23.3. The van der Waals surface area contributed by atoms with Gasteiger partial charge in [-0.15, -0.1) is 0 Å². The molecule has 0 spiro atoms. The minimum atomic E-state index is -4.88. The van der Waals surface area contributed by atoms with Gasteiger partial charge in [-0.2, -0.15) is 13.2 Å². The Morgan fingerprint density at radius 3 is 2.55 bits per heavy atom. The highest BCUT2D eigenvalue weighted by Gasteiger charge is 2.59. The smallest absolute Gasteiger partial charge is 0.414 e. The van der Waals surface area contributed by atoms with Gasteiger partial charge in [0.15, 0.2) is 11.3 Å². The summed E-state index contributed by atoms with van der Waals surface area (Å²) in [5, 5.41) is 15.5. The van der Waals surface area contributed by atoms with Crippen molar-refractivity contribution in [1.82, 2.24) is 15.3 Å². The minimum Gasteiger partial charge on any atom is -0.488 e.